The Morgan fingerprint density at radius 2 is 1.68 bits per heavy atom. The fourth-order valence-electron chi connectivity index (χ4n) is 3.09. The zero-order valence-corrected chi connectivity index (χ0v) is 16.7. The van der Waals surface area contributed by atoms with Crippen LogP contribution in [0.5, 0.6) is 0 Å². The number of rotatable bonds is 6. The van der Waals surface area contributed by atoms with Crippen LogP contribution in [0.15, 0.2) is 34.1 Å². The fraction of sp³-hybridized carbons (Fsp3) is 0.611. The number of thioether (sulfide) groups is 1. The summed E-state index contributed by atoms with van der Waals surface area (Å²) in [6.45, 7) is -0.150. The molecule has 0 aromatic heterocycles. The van der Waals surface area contributed by atoms with Gasteiger partial charge in [0, 0.05) is 18.0 Å². The minimum Gasteiger partial charge on any atom is -0.352 e. The van der Waals surface area contributed by atoms with Crippen molar-refractivity contribution >= 4 is 27.7 Å². The molecule has 1 saturated carbocycles. The number of nitrogens with one attached hydrogen (secondary N) is 1. The van der Waals surface area contributed by atoms with Gasteiger partial charge >= 0.3 is 0 Å². The van der Waals surface area contributed by atoms with Gasteiger partial charge in [0.05, 0.1) is 11.4 Å². The molecular weight excluding hydrogens is 356 g/mol. The zero-order valence-electron chi connectivity index (χ0n) is 15.0. The average molecular weight is 385 g/mol. The maximum atomic E-state index is 12.6. The Labute approximate surface area is 155 Å². The Morgan fingerprint density at radius 3 is 2.24 bits per heavy atom. The number of sulfonamides is 1. The van der Waals surface area contributed by atoms with E-state index in [2.05, 4.69) is 5.32 Å². The van der Waals surface area contributed by atoms with Gasteiger partial charge in [-0.1, -0.05) is 32.1 Å². The molecule has 1 fully saturated rings. The first-order valence-electron chi connectivity index (χ1n) is 8.83. The number of carbonyl (C=O) groups is 1. The molecule has 1 amide bonds. The van der Waals surface area contributed by atoms with E-state index in [1.807, 2.05) is 6.26 Å². The highest BCUT2D eigenvalue weighted by molar-refractivity contribution is 7.98. The molecule has 140 valence electrons. The minimum atomic E-state index is -3.65. The third-order valence-electron chi connectivity index (χ3n) is 4.60. The molecule has 0 bridgehead atoms. The van der Waals surface area contributed by atoms with Crippen LogP contribution >= 0.6 is 11.8 Å². The Morgan fingerprint density at radius 1 is 1.12 bits per heavy atom. The van der Waals surface area contributed by atoms with Crippen molar-refractivity contribution in [1.82, 2.24) is 9.62 Å². The molecule has 1 aliphatic rings. The summed E-state index contributed by atoms with van der Waals surface area (Å²) in [4.78, 5) is 13.5. The average Bonchev–Trinajstić information content (AvgIpc) is 2.57. The molecule has 1 N–H and O–H groups in total. The van der Waals surface area contributed by atoms with Crippen LogP contribution in [0.25, 0.3) is 0 Å². The maximum absolute atomic E-state index is 12.6. The van der Waals surface area contributed by atoms with E-state index in [0.717, 1.165) is 34.9 Å². The summed E-state index contributed by atoms with van der Waals surface area (Å²) in [6.07, 6.45) is 9.87. The van der Waals surface area contributed by atoms with Crippen molar-refractivity contribution < 1.29 is 13.2 Å². The molecule has 0 unspecified atom stereocenters. The van der Waals surface area contributed by atoms with Crippen LogP contribution in [0.2, 0.25) is 0 Å². The van der Waals surface area contributed by atoms with E-state index in [0.29, 0.717) is 0 Å². The van der Waals surface area contributed by atoms with Crippen molar-refractivity contribution in [3.8, 4) is 0 Å². The van der Waals surface area contributed by atoms with Crippen molar-refractivity contribution in [2.45, 2.75) is 60.8 Å². The SMILES string of the molecule is CSc1ccc(S(=O)(=O)N(C)CC(=O)NC2CCCCCCC2)cc1. The summed E-state index contributed by atoms with van der Waals surface area (Å²) < 4.78 is 26.3. The second-order valence-electron chi connectivity index (χ2n) is 6.55. The highest BCUT2D eigenvalue weighted by Crippen LogP contribution is 2.20. The molecule has 2 rings (SSSR count). The molecule has 1 aliphatic carbocycles. The van der Waals surface area contributed by atoms with Gasteiger partial charge in [-0.15, -0.1) is 11.8 Å². The summed E-state index contributed by atoms with van der Waals surface area (Å²) in [5, 5.41) is 3.01. The first-order valence-corrected chi connectivity index (χ1v) is 11.5. The van der Waals surface area contributed by atoms with E-state index < -0.39 is 10.0 Å². The van der Waals surface area contributed by atoms with Gasteiger partial charge < -0.3 is 5.32 Å². The van der Waals surface area contributed by atoms with E-state index in [4.69, 9.17) is 0 Å². The first kappa shape index (κ1) is 20.3. The van der Waals surface area contributed by atoms with Crippen LogP contribution < -0.4 is 5.32 Å². The Bertz CT molecular complexity index is 651. The fourth-order valence-corrected chi connectivity index (χ4v) is 4.62. The van der Waals surface area contributed by atoms with Crippen LogP contribution in [-0.4, -0.2) is 44.5 Å². The van der Waals surface area contributed by atoms with Crippen molar-refractivity contribution in [3.05, 3.63) is 24.3 Å². The number of benzene rings is 1. The predicted molar refractivity (Wildman–Crippen MR) is 102 cm³/mol. The number of likely N-dealkylation sites (N-methyl/N-ethyl adjacent to an activating group) is 1. The monoisotopic (exact) mass is 384 g/mol. The third-order valence-corrected chi connectivity index (χ3v) is 7.17. The van der Waals surface area contributed by atoms with Crippen LogP contribution in [0.4, 0.5) is 0 Å². The normalized spacial score (nSPS) is 17.1. The molecule has 0 spiro atoms. The molecule has 0 heterocycles. The number of hydrogen-bond acceptors (Lipinski definition) is 4. The molecular formula is C18H28N2O3S2. The highest BCUT2D eigenvalue weighted by atomic mass is 32.2. The van der Waals surface area contributed by atoms with Gasteiger partial charge in [-0.25, -0.2) is 8.42 Å². The molecule has 0 atom stereocenters. The van der Waals surface area contributed by atoms with Crippen LogP contribution in [-0.2, 0) is 14.8 Å². The van der Waals surface area contributed by atoms with Crippen LogP contribution in [0, 0.1) is 0 Å². The molecule has 7 heteroatoms. The molecule has 0 radical (unpaired) electrons. The number of carbonyl (C=O) groups excluding carboxylic acids is 1. The minimum absolute atomic E-state index is 0.150. The van der Waals surface area contributed by atoms with E-state index in [-0.39, 0.29) is 23.4 Å². The lowest BCUT2D eigenvalue weighted by Crippen LogP contribution is -2.42. The van der Waals surface area contributed by atoms with Crippen LogP contribution in [0.1, 0.15) is 44.9 Å². The Balaban J connectivity index is 1.94. The van der Waals surface area contributed by atoms with Gasteiger partial charge in [0.2, 0.25) is 15.9 Å². The number of hydrogen-bond donors (Lipinski definition) is 1. The van der Waals surface area contributed by atoms with E-state index in [1.165, 1.54) is 26.3 Å². The summed E-state index contributed by atoms with van der Waals surface area (Å²) in [7, 11) is -2.20. The summed E-state index contributed by atoms with van der Waals surface area (Å²) in [5.74, 6) is -0.225. The molecule has 0 saturated heterocycles. The van der Waals surface area contributed by atoms with Gasteiger partial charge in [-0.05, 0) is 43.4 Å². The van der Waals surface area contributed by atoms with Gasteiger partial charge in [0.25, 0.3) is 0 Å². The van der Waals surface area contributed by atoms with Crippen molar-refractivity contribution in [2.75, 3.05) is 19.8 Å². The summed E-state index contributed by atoms with van der Waals surface area (Å²) >= 11 is 1.56. The Hall–Kier alpha value is -1.05. The van der Waals surface area contributed by atoms with E-state index >= 15 is 0 Å². The Kier molecular flexibility index (Phi) is 7.78. The first-order chi connectivity index (χ1) is 11.9. The quantitative estimate of drug-likeness (QED) is 0.765. The van der Waals surface area contributed by atoms with Gasteiger partial charge in [0.1, 0.15) is 0 Å². The number of amides is 1. The van der Waals surface area contributed by atoms with Crippen molar-refractivity contribution in [2.24, 2.45) is 0 Å². The molecule has 25 heavy (non-hydrogen) atoms. The molecule has 0 aliphatic heterocycles. The van der Waals surface area contributed by atoms with Gasteiger partial charge in [-0.3, -0.25) is 4.79 Å². The maximum Gasteiger partial charge on any atom is 0.243 e. The zero-order chi connectivity index (χ0) is 18.3. The smallest absolute Gasteiger partial charge is 0.243 e. The lowest BCUT2D eigenvalue weighted by molar-refractivity contribution is -0.121. The molecule has 5 nitrogen and oxygen atoms in total. The summed E-state index contributed by atoms with van der Waals surface area (Å²) in [5.41, 5.74) is 0. The lowest BCUT2D eigenvalue weighted by atomic mass is 9.97. The van der Waals surface area contributed by atoms with E-state index in [9.17, 15) is 13.2 Å². The van der Waals surface area contributed by atoms with Crippen molar-refractivity contribution in [3.63, 3.8) is 0 Å². The van der Waals surface area contributed by atoms with Crippen molar-refractivity contribution in [1.29, 1.82) is 0 Å². The van der Waals surface area contributed by atoms with Gasteiger partial charge in [0.15, 0.2) is 0 Å². The molecule has 1 aromatic carbocycles. The van der Waals surface area contributed by atoms with Gasteiger partial charge in [-0.2, -0.15) is 4.31 Å². The third kappa shape index (κ3) is 6.01. The topological polar surface area (TPSA) is 66.5 Å². The lowest BCUT2D eigenvalue weighted by Gasteiger charge is -2.23. The summed E-state index contributed by atoms with van der Waals surface area (Å²) in [6, 6.07) is 6.90. The second kappa shape index (κ2) is 9.59. The molecule has 1 aromatic rings. The second-order valence-corrected chi connectivity index (χ2v) is 9.47. The highest BCUT2D eigenvalue weighted by Gasteiger charge is 2.24. The predicted octanol–water partition coefficient (Wildman–Crippen LogP) is 3.26. The van der Waals surface area contributed by atoms with E-state index in [1.54, 1.807) is 36.0 Å². The van der Waals surface area contributed by atoms with Crippen LogP contribution in [0.3, 0.4) is 0 Å². The largest absolute Gasteiger partial charge is 0.352 e. The number of nitrogens with zero attached hydrogens (tertiary/aromatic N) is 1. The standard InChI is InChI=1S/C18H28N2O3S2/c1-20(25(22,23)17-12-10-16(24-2)11-13-17)14-18(21)19-15-8-6-4-3-5-7-9-15/h10-13,15H,3-9,14H2,1-2H3,(H,19,21).